The summed E-state index contributed by atoms with van der Waals surface area (Å²) in [6.07, 6.45) is -5.73. The minimum atomic E-state index is -4.57. The Kier molecular flexibility index (Phi) is 7.91. The molecule has 0 saturated carbocycles. The van der Waals surface area contributed by atoms with Crippen LogP contribution in [0.4, 0.5) is 13.2 Å². The number of aromatic carboxylic acids is 1. The number of hydroxylamine groups is 1. The number of hydrogen-bond acceptors (Lipinski definition) is 5. The van der Waals surface area contributed by atoms with E-state index in [2.05, 4.69) is 10.4 Å². The summed E-state index contributed by atoms with van der Waals surface area (Å²) in [7, 11) is 0. The maximum atomic E-state index is 12.9. The number of carbonyl (C=O) groups excluding carboxylic acids is 2. The zero-order valence-electron chi connectivity index (χ0n) is 14.5. The molecule has 2 amide bonds. The van der Waals surface area contributed by atoms with Gasteiger partial charge in [-0.15, -0.1) is 10.3 Å². The van der Waals surface area contributed by atoms with E-state index in [-0.39, 0.29) is 42.0 Å². The average molecular weight is 389 g/mol. The first-order chi connectivity index (χ1) is 12.6. The van der Waals surface area contributed by atoms with Crippen LogP contribution in [0.15, 0.2) is 23.3 Å². The van der Waals surface area contributed by atoms with Crippen LogP contribution in [-0.2, 0) is 20.8 Å². The van der Waals surface area contributed by atoms with Crippen LogP contribution in [0.2, 0.25) is 0 Å². The number of rotatable bonds is 9. The predicted octanol–water partition coefficient (Wildman–Crippen LogP) is 1.74. The number of nitrogens with zero attached hydrogens (tertiary/aromatic N) is 2. The summed E-state index contributed by atoms with van der Waals surface area (Å²) in [5.74, 6) is -1.85. The van der Waals surface area contributed by atoms with Gasteiger partial charge in [-0.25, -0.2) is 9.63 Å². The molecule has 0 aromatic heterocycles. The lowest BCUT2D eigenvalue weighted by atomic mass is 9.97. The second-order valence-corrected chi connectivity index (χ2v) is 5.25. The second kappa shape index (κ2) is 9.67. The van der Waals surface area contributed by atoms with E-state index in [1.165, 1.54) is 6.92 Å². The van der Waals surface area contributed by atoms with Gasteiger partial charge in [0.1, 0.15) is 0 Å². The van der Waals surface area contributed by atoms with Gasteiger partial charge < -0.3 is 10.4 Å². The highest BCUT2D eigenvalue weighted by Crippen LogP contribution is 2.25. The van der Waals surface area contributed by atoms with Crippen molar-refractivity contribution in [2.24, 2.45) is 5.10 Å². The fourth-order valence-electron chi connectivity index (χ4n) is 2.07. The maximum Gasteiger partial charge on any atom is 0.393 e. The van der Waals surface area contributed by atoms with Crippen molar-refractivity contribution >= 4 is 24.0 Å². The molecule has 0 radical (unpaired) electrons. The van der Waals surface area contributed by atoms with Gasteiger partial charge in [0.15, 0.2) is 0 Å². The summed E-state index contributed by atoms with van der Waals surface area (Å²) in [4.78, 5) is 38.3. The van der Waals surface area contributed by atoms with Crippen LogP contribution in [-0.4, -0.2) is 53.6 Å². The Morgan fingerprint density at radius 3 is 2.52 bits per heavy atom. The number of carboxylic acid groups (broad SMARTS) is 1. The maximum absolute atomic E-state index is 12.9. The topological polar surface area (TPSA) is 108 Å². The fraction of sp³-hybridized carbons (Fsp3) is 0.375. The molecule has 1 rings (SSSR count). The summed E-state index contributed by atoms with van der Waals surface area (Å²) < 4.78 is 38.7. The van der Waals surface area contributed by atoms with Crippen LogP contribution in [0, 0.1) is 0 Å². The van der Waals surface area contributed by atoms with Crippen LogP contribution >= 0.6 is 0 Å². The van der Waals surface area contributed by atoms with Crippen molar-refractivity contribution in [2.45, 2.75) is 26.4 Å². The van der Waals surface area contributed by atoms with E-state index in [0.717, 1.165) is 18.2 Å². The molecule has 8 nitrogen and oxygen atoms in total. The van der Waals surface area contributed by atoms with Crippen LogP contribution in [0.25, 0.3) is 0 Å². The van der Waals surface area contributed by atoms with Gasteiger partial charge in [-0.1, -0.05) is 6.07 Å². The smallest absolute Gasteiger partial charge is 0.393 e. The SMILES string of the molecule is CCON(C=O)N=C(CNC(C)=O)c1cc(C(=O)O)ccc1CC(F)(F)F. The molecule has 0 saturated heterocycles. The number of carboxylic acids is 1. The summed E-state index contributed by atoms with van der Waals surface area (Å²) in [5.41, 5.74) is -0.889. The van der Waals surface area contributed by atoms with Gasteiger partial charge >= 0.3 is 12.1 Å². The first-order valence-corrected chi connectivity index (χ1v) is 7.70. The van der Waals surface area contributed by atoms with Crippen LogP contribution in [0.5, 0.6) is 0 Å². The molecule has 0 heterocycles. The van der Waals surface area contributed by atoms with E-state index in [4.69, 9.17) is 9.94 Å². The van der Waals surface area contributed by atoms with Crippen LogP contribution in [0.3, 0.4) is 0 Å². The van der Waals surface area contributed by atoms with E-state index in [9.17, 15) is 27.6 Å². The number of amides is 2. The Hall–Kier alpha value is -2.95. The molecule has 27 heavy (non-hydrogen) atoms. The molecule has 2 N–H and O–H groups in total. The van der Waals surface area contributed by atoms with E-state index >= 15 is 0 Å². The quantitative estimate of drug-likeness (QED) is 0.380. The molecular weight excluding hydrogens is 371 g/mol. The zero-order valence-corrected chi connectivity index (χ0v) is 14.5. The third-order valence-corrected chi connectivity index (χ3v) is 3.13. The number of nitrogens with one attached hydrogen (secondary N) is 1. The fourth-order valence-corrected chi connectivity index (χ4v) is 2.07. The molecule has 0 unspecified atom stereocenters. The van der Waals surface area contributed by atoms with Crippen LogP contribution < -0.4 is 5.32 Å². The molecule has 11 heteroatoms. The summed E-state index contributed by atoms with van der Waals surface area (Å²) in [6.45, 7) is 2.43. The van der Waals surface area contributed by atoms with Crippen molar-refractivity contribution in [3.63, 3.8) is 0 Å². The number of alkyl halides is 3. The number of hydrogen-bond donors (Lipinski definition) is 2. The van der Waals surface area contributed by atoms with Crippen LogP contribution in [0.1, 0.15) is 35.3 Å². The molecule has 1 aromatic rings. The number of halogens is 3. The molecule has 0 aliphatic rings. The lowest BCUT2D eigenvalue weighted by molar-refractivity contribution is -0.170. The Morgan fingerprint density at radius 2 is 2.04 bits per heavy atom. The van der Waals surface area contributed by atoms with Crippen molar-refractivity contribution in [2.75, 3.05) is 13.2 Å². The zero-order chi connectivity index (χ0) is 20.6. The van der Waals surface area contributed by atoms with Gasteiger partial charge in [-0.2, -0.15) is 13.2 Å². The standard InChI is InChI=1S/C16H18F3N3O5/c1-3-27-22(9-23)21-14(8-20-10(2)24)13-6-11(15(25)26)4-5-12(13)7-16(17,18)19/h4-6,9H,3,7-8H2,1-2H3,(H,20,24)(H,25,26). The molecule has 0 fully saturated rings. The van der Waals surface area contributed by atoms with E-state index in [1.54, 1.807) is 6.92 Å². The first kappa shape index (κ1) is 22.1. The van der Waals surface area contributed by atoms with Crippen molar-refractivity contribution in [1.82, 2.24) is 10.5 Å². The van der Waals surface area contributed by atoms with Gasteiger partial charge in [-0.3, -0.25) is 9.59 Å². The molecule has 0 spiro atoms. The lowest BCUT2D eigenvalue weighted by Gasteiger charge is -2.17. The van der Waals surface area contributed by atoms with Gasteiger partial charge in [0.2, 0.25) is 5.91 Å². The second-order valence-electron chi connectivity index (χ2n) is 5.25. The third kappa shape index (κ3) is 7.44. The minimum absolute atomic E-state index is 0.0419. The van der Waals surface area contributed by atoms with E-state index in [0.29, 0.717) is 5.17 Å². The third-order valence-electron chi connectivity index (χ3n) is 3.13. The minimum Gasteiger partial charge on any atom is -0.478 e. The number of carbonyl (C=O) groups is 3. The number of benzene rings is 1. The number of hydrazone groups is 1. The monoisotopic (exact) mass is 389 g/mol. The normalized spacial score (nSPS) is 11.8. The largest absolute Gasteiger partial charge is 0.478 e. The Morgan fingerprint density at radius 1 is 1.37 bits per heavy atom. The van der Waals surface area contributed by atoms with Crippen molar-refractivity contribution in [3.05, 3.63) is 34.9 Å². The first-order valence-electron chi connectivity index (χ1n) is 7.70. The predicted molar refractivity (Wildman–Crippen MR) is 87.9 cm³/mol. The lowest BCUT2D eigenvalue weighted by Crippen LogP contribution is -2.31. The Bertz CT molecular complexity index is 735. The van der Waals surface area contributed by atoms with E-state index < -0.39 is 24.5 Å². The molecule has 0 aliphatic carbocycles. The summed E-state index contributed by atoms with van der Waals surface area (Å²) >= 11 is 0. The Balaban J connectivity index is 3.52. The highest BCUT2D eigenvalue weighted by Gasteiger charge is 2.30. The average Bonchev–Trinajstić information content (AvgIpc) is 2.56. The van der Waals surface area contributed by atoms with Gasteiger partial charge in [-0.05, 0) is 24.6 Å². The van der Waals surface area contributed by atoms with Gasteiger partial charge in [0, 0.05) is 12.5 Å². The molecule has 1 aromatic carbocycles. The Labute approximate surface area is 152 Å². The van der Waals surface area contributed by atoms with Crippen molar-refractivity contribution in [3.8, 4) is 0 Å². The van der Waals surface area contributed by atoms with Gasteiger partial charge in [0.25, 0.3) is 6.41 Å². The van der Waals surface area contributed by atoms with Crippen molar-refractivity contribution in [1.29, 1.82) is 0 Å². The highest BCUT2D eigenvalue weighted by atomic mass is 19.4. The van der Waals surface area contributed by atoms with Crippen molar-refractivity contribution < 1.29 is 37.5 Å². The molecule has 0 atom stereocenters. The molecular formula is C16H18F3N3O5. The van der Waals surface area contributed by atoms with Gasteiger partial charge in [0.05, 0.1) is 30.8 Å². The molecule has 0 bridgehead atoms. The summed E-state index contributed by atoms with van der Waals surface area (Å²) in [5, 5.41) is 15.8. The van der Waals surface area contributed by atoms with E-state index in [1.807, 2.05) is 0 Å². The summed E-state index contributed by atoms with van der Waals surface area (Å²) in [6, 6.07) is 3.05. The highest BCUT2D eigenvalue weighted by molar-refractivity contribution is 6.06. The molecule has 148 valence electrons. The molecule has 0 aliphatic heterocycles.